The molecule has 4 rings (SSSR count). The van der Waals surface area contributed by atoms with Crippen LogP contribution in [-0.2, 0) is 0 Å². The smallest absolute Gasteiger partial charge is 0.00388 e. The third-order valence-electron chi connectivity index (χ3n) is 3.78. The van der Waals surface area contributed by atoms with Crippen molar-refractivity contribution in [2.24, 2.45) is 0 Å². The van der Waals surface area contributed by atoms with Crippen molar-refractivity contribution in [1.82, 2.24) is 0 Å². The third kappa shape index (κ3) is 1.39. The average Bonchev–Trinajstić information content (AvgIpc) is 2.65. The van der Waals surface area contributed by atoms with E-state index >= 15 is 0 Å². The summed E-state index contributed by atoms with van der Waals surface area (Å²) in [5, 5.41) is 28.5. The van der Waals surface area contributed by atoms with Crippen LogP contribution in [0.1, 0.15) is 5.56 Å². The lowest BCUT2D eigenvalue weighted by atomic mass is 9.95. The molecule has 2 nitrogen and oxygen atoms in total. The van der Waals surface area contributed by atoms with Crippen LogP contribution in [0.5, 0.6) is 5.75 Å². The van der Waals surface area contributed by atoms with Gasteiger partial charge in [0.25, 0.3) is 0 Å². The number of rotatable bonds is 0. The van der Waals surface area contributed by atoms with Crippen molar-refractivity contribution in [1.29, 1.82) is 0 Å². The Morgan fingerprint density at radius 1 is 0.800 bits per heavy atom. The van der Waals surface area contributed by atoms with Crippen LogP contribution < -0.4 is 15.4 Å². The first-order valence-corrected chi connectivity index (χ1v) is 6.47. The Hall–Kier alpha value is -2.74. The molecular formula is C18H10O2-2. The number of benzene rings is 3. The maximum atomic E-state index is 12.3. The minimum Gasteiger partial charge on any atom is -0.872 e. The summed E-state index contributed by atoms with van der Waals surface area (Å²) in [6, 6.07) is 11.0. The lowest BCUT2D eigenvalue weighted by Gasteiger charge is -2.17. The SMILES string of the molecule is [O-]C1=c2c(cc3c([O-])ccc4cccc2c43)C=CC=C1. The van der Waals surface area contributed by atoms with E-state index in [1.54, 1.807) is 18.2 Å². The molecule has 0 saturated carbocycles. The van der Waals surface area contributed by atoms with Gasteiger partial charge in [-0.1, -0.05) is 54.6 Å². The van der Waals surface area contributed by atoms with E-state index in [0.717, 1.165) is 21.7 Å². The first-order valence-electron chi connectivity index (χ1n) is 6.47. The predicted molar refractivity (Wildman–Crippen MR) is 77.7 cm³/mol. The first-order chi connectivity index (χ1) is 9.75. The summed E-state index contributed by atoms with van der Waals surface area (Å²) < 4.78 is 0. The summed E-state index contributed by atoms with van der Waals surface area (Å²) in [6.45, 7) is 0. The number of hydrogen-bond acceptors (Lipinski definition) is 2. The second kappa shape index (κ2) is 3.87. The molecule has 0 N–H and O–H groups in total. The van der Waals surface area contributed by atoms with Gasteiger partial charge in [0, 0.05) is 0 Å². The van der Waals surface area contributed by atoms with Gasteiger partial charge in [-0.3, -0.25) is 0 Å². The van der Waals surface area contributed by atoms with Gasteiger partial charge in [-0.25, -0.2) is 0 Å². The van der Waals surface area contributed by atoms with Gasteiger partial charge in [0.1, 0.15) is 0 Å². The Balaban J connectivity index is 2.41. The molecule has 0 spiro atoms. The first kappa shape index (κ1) is 11.1. The van der Waals surface area contributed by atoms with E-state index in [1.165, 1.54) is 0 Å². The van der Waals surface area contributed by atoms with Crippen LogP contribution in [0.3, 0.4) is 0 Å². The zero-order valence-electron chi connectivity index (χ0n) is 10.6. The molecule has 1 aliphatic carbocycles. The molecule has 3 aromatic carbocycles. The fraction of sp³-hybridized carbons (Fsp3) is 0. The molecule has 20 heavy (non-hydrogen) atoms. The molecule has 96 valence electrons. The molecule has 0 radical (unpaired) electrons. The molecule has 0 fully saturated rings. The van der Waals surface area contributed by atoms with Crippen LogP contribution in [0, 0.1) is 0 Å². The van der Waals surface area contributed by atoms with Crippen LogP contribution >= 0.6 is 0 Å². The maximum Gasteiger partial charge on any atom is -0.00388 e. The fourth-order valence-corrected chi connectivity index (χ4v) is 2.91. The molecule has 0 unspecified atom stereocenters. The molecule has 3 aromatic rings. The second-order valence-electron chi connectivity index (χ2n) is 4.94. The highest BCUT2D eigenvalue weighted by Gasteiger charge is 2.07. The second-order valence-corrected chi connectivity index (χ2v) is 4.94. The molecule has 0 saturated heterocycles. The zero-order chi connectivity index (χ0) is 13.7. The van der Waals surface area contributed by atoms with Gasteiger partial charge in [-0.05, 0) is 38.4 Å². The molecule has 0 amide bonds. The third-order valence-corrected chi connectivity index (χ3v) is 3.78. The van der Waals surface area contributed by atoms with Crippen molar-refractivity contribution in [2.45, 2.75) is 0 Å². The van der Waals surface area contributed by atoms with Crippen LogP contribution in [-0.4, -0.2) is 0 Å². The van der Waals surface area contributed by atoms with E-state index in [-0.39, 0.29) is 11.5 Å². The lowest BCUT2D eigenvalue weighted by molar-refractivity contribution is -0.265. The Labute approximate surface area is 115 Å². The molecule has 1 aliphatic rings. The molecule has 0 heterocycles. The Kier molecular flexibility index (Phi) is 2.15. The standard InChI is InChI=1S/C18H12O2/c19-15-9-8-11-5-3-6-13-17(11)14(15)10-12-4-1-2-7-16(20)18(12)13/h1-10,19-20H/p-2. The number of fused-ring (bicyclic) bond motifs is 2. The topological polar surface area (TPSA) is 46.1 Å². The van der Waals surface area contributed by atoms with E-state index in [9.17, 15) is 10.2 Å². The fourth-order valence-electron chi connectivity index (χ4n) is 2.91. The summed E-state index contributed by atoms with van der Waals surface area (Å²) in [5.41, 5.74) is 0.809. The van der Waals surface area contributed by atoms with E-state index in [2.05, 4.69) is 0 Å². The van der Waals surface area contributed by atoms with Gasteiger partial charge in [0.15, 0.2) is 0 Å². The van der Waals surface area contributed by atoms with Crippen molar-refractivity contribution in [2.75, 3.05) is 0 Å². The molecule has 0 bridgehead atoms. The monoisotopic (exact) mass is 258 g/mol. The van der Waals surface area contributed by atoms with E-state index in [1.807, 2.05) is 42.5 Å². The highest BCUT2D eigenvalue weighted by atomic mass is 16.3. The van der Waals surface area contributed by atoms with E-state index < -0.39 is 0 Å². The molecule has 2 heteroatoms. The zero-order valence-corrected chi connectivity index (χ0v) is 10.6. The Morgan fingerprint density at radius 3 is 2.55 bits per heavy atom. The van der Waals surface area contributed by atoms with Crippen LogP contribution in [0.15, 0.2) is 54.6 Å². The van der Waals surface area contributed by atoms with E-state index in [0.29, 0.717) is 10.6 Å². The largest absolute Gasteiger partial charge is 0.872 e. The molecule has 0 atom stereocenters. The van der Waals surface area contributed by atoms with E-state index in [4.69, 9.17) is 0 Å². The Morgan fingerprint density at radius 2 is 1.65 bits per heavy atom. The van der Waals surface area contributed by atoms with Gasteiger partial charge >= 0.3 is 0 Å². The molecule has 0 aromatic heterocycles. The van der Waals surface area contributed by atoms with Gasteiger partial charge in [0.05, 0.1) is 0 Å². The Bertz CT molecular complexity index is 962. The normalized spacial score (nSPS) is 13.9. The summed E-state index contributed by atoms with van der Waals surface area (Å²) in [5.74, 6) is -0.0229. The predicted octanol–water partition coefficient (Wildman–Crippen LogP) is 1.84. The van der Waals surface area contributed by atoms with Crippen molar-refractivity contribution in [3.63, 3.8) is 0 Å². The number of hydrogen-bond donors (Lipinski definition) is 0. The van der Waals surface area contributed by atoms with Gasteiger partial charge < -0.3 is 10.2 Å². The lowest BCUT2D eigenvalue weighted by Crippen LogP contribution is -2.18. The number of allylic oxidation sites excluding steroid dienone is 2. The van der Waals surface area contributed by atoms with Crippen molar-refractivity contribution >= 4 is 33.4 Å². The summed E-state index contributed by atoms with van der Waals surface area (Å²) >= 11 is 0. The van der Waals surface area contributed by atoms with Gasteiger partial charge in [0.2, 0.25) is 0 Å². The summed E-state index contributed by atoms with van der Waals surface area (Å²) in [7, 11) is 0. The van der Waals surface area contributed by atoms with Crippen LogP contribution in [0.4, 0.5) is 0 Å². The maximum absolute atomic E-state index is 12.3. The quantitative estimate of drug-likeness (QED) is 0.617. The minimum atomic E-state index is -0.0179. The van der Waals surface area contributed by atoms with Crippen molar-refractivity contribution in [3.05, 3.63) is 65.4 Å². The molecule has 0 aliphatic heterocycles. The highest BCUT2D eigenvalue weighted by Crippen LogP contribution is 2.31. The van der Waals surface area contributed by atoms with Crippen LogP contribution in [0.25, 0.3) is 33.4 Å². The average molecular weight is 258 g/mol. The summed E-state index contributed by atoms with van der Waals surface area (Å²) in [6.07, 6.45) is 7.01. The van der Waals surface area contributed by atoms with Crippen molar-refractivity contribution < 1.29 is 10.2 Å². The highest BCUT2D eigenvalue weighted by molar-refractivity contribution is 6.13. The van der Waals surface area contributed by atoms with Gasteiger partial charge in [-0.2, -0.15) is 0 Å². The molecular weight excluding hydrogens is 248 g/mol. The summed E-state index contributed by atoms with van der Waals surface area (Å²) in [4.78, 5) is 0. The van der Waals surface area contributed by atoms with Crippen LogP contribution in [0.2, 0.25) is 0 Å². The van der Waals surface area contributed by atoms with Crippen molar-refractivity contribution in [3.8, 4) is 5.75 Å². The minimum absolute atomic E-state index is 0.00504. The van der Waals surface area contributed by atoms with Gasteiger partial charge in [-0.15, -0.1) is 11.5 Å².